The molecule has 1 aromatic carbocycles. The van der Waals surface area contributed by atoms with Crippen molar-refractivity contribution in [2.75, 3.05) is 18.5 Å². The van der Waals surface area contributed by atoms with Gasteiger partial charge >= 0.3 is 5.97 Å². The lowest BCUT2D eigenvalue weighted by Crippen LogP contribution is -2.12. The smallest absolute Gasteiger partial charge is 0.322 e. The van der Waals surface area contributed by atoms with Crippen molar-refractivity contribution in [3.63, 3.8) is 0 Å². The zero-order valence-corrected chi connectivity index (χ0v) is 8.90. The Bertz CT molecular complexity index is 356. The molecule has 0 saturated heterocycles. The Hall–Kier alpha value is -2.04. The first kappa shape index (κ1) is 12.0. The maximum Gasteiger partial charge on any atom is 0.322 e. The molecule has 0 aromatic heterocycles. The Balaban J connectivity index is 2.56. The van der Waals surface area contributed by atoms with Crippen LogP contribution in [-0.2, 0) is 9.59 Å². The quantitative estimate of drug-likeness (QED) is 0.756. The van der Waals surface area contributed by atoms with Gasteiger partial charge in [-0.1, -0.05) is 6.07 Å². The molecule has 0 spiro atoms. The molecule has 0 amide bonds. The molecule has 0 radical (unpaired) electrons. The van der Waals surface area contributed by atoms with E-state index >= 15 is 0 Å². The van der Waals surface area contributed by atoms with Crippen molar-refractivity contribution in [1.82, 2.24) is 0 Å². The molecule has 0 aliphatic carbocycles. The molecular formula is C11H13NO4. The van der Waals surface area contributed by atoms with Gasteiger partial charge in [0, 0.05) is 11.8 Å². The number of ether oxygens (including phenoxy) is 1. The van der Waals surface area contributed by atoms with Gasteiger partial charge in [-0.25, -0.2) is 0 Å². The molecule has 0 bridgehead atoms. The number of carboxylic acid groups (broad SMARTS) is 1. The number of rotatable bonds is 6. The van der Waals surface area contributed by atoms with Crippen molar-refractivity contribution in [3.05, 3.63) is 24.3 Å². The minimum atomic E-state index is -0.935. The summed E-state index contributed by atoms with van der Waals surface area (Å²) in [7, 11) is 0. The van der Waals surface area contributed by atoms with Crippen LogP contribution in [0, 0.1) is 0 Å². The number of Topliss-reactive ketones (excluding diaryl/α,β-unsaturated/α-hetero) is 1. The second-order valence-corrected chi connectivity index (χ2v) is 3.27. The van der Waals surface area contributed by atoms with Crippen LogP contribution in [0.2, 0.25) is 0 Å². The molecule has 5 heteroatoms. The molecule has 0 aliphatic rings. The third kappa shape index (κ3) is 4.45. The van der Waals surface area contributed by atoms with E-state index in [1.54, 1.807) is 24.3 Å². The van der Waals surface area contributed by atoms with Gasteiger partial charge in [0.05, 0.1) is 0 Å². The number of carbonyl (C=O) groups is 2. The molecule has 1 rings (SSSR count). The summed E-state index contributed by atoms with van der Waals surface area (Å²) in [6.07, 6.45) is 0. The molecule has 0 aliphatic heterocycles. The number of hydrogen-bond acceptors (Lipinski definition) is 4. The third-order valence-corrected chi connectivity index (χ3v) is 1.72. The molecule has 0 unspecified atom stereocenters. The van der Waals surface area contributed by atoms with E-state index in [1.165, 1.54) is 6.92 Å². The third-order valence-electron chi connectivity index (χ3n) is 1.72. The van der Waals surface area contributed by atoms with Crippen molar-refractivity contribution in [3.8, 4) is 5.75 Å². The Kier molecular flexibility index (Phi) is 4.32. The van der Waals surface area contributed by atoms with Crippen molar-refractivity contribution < 1.29 is 19.4 Å². The van der Waals surface area contributed by atoms with Crippen LogP contribution in [0.4, 0.5) is 5.69 Å². The van der Waals surface area contributed by atoms with Crippen LogP contribution in [-0.4, -0.2) is 30.0 Å². The van der Waals surface area contributed by atoms with Crippen LogP contribution < -0.4 is 10.1 Å². The number of carboxylic acids is 1. The second kappa shape index (κ2) is 5.75. The molecule has 16 heavy (non-hydrogen) atoms. The Morgan fingerprint density at radius 1 is 1.44 bits per heavy atom. The zero-order chi connectivity index (χ0) is 12.0. The fourth-order valence-electron chi connectivity index (χ4n) is 1.06. The summed E-state index contributed by atoms with van der Waals surface area (Å²) in [5, 5.41) is 11.2. The van der Waals surface area contributed by atoms with Crippen molar-refractivity contribution in [2.45, 2.75) is 6.92 Å². The number of anilines is 1. The number of ketones is 1. The zero-order valence-electron chi connectivity index (χ0n) is 8.90. The fourth-order valence-corrected chi connectivity index (χ4v) is 1.06. The highest BCUT2D eigenvalue weighted by molar-refractivity contribution is 5.77. The molecule has 0 saturated carbocycles. The largest absolute Gasteiger partial charge is 0.486 e. The average molecular weight is 223 g/mol. The van der Waals surface area contributed by atoms with E-state index < -0.39 is 5.97 Å². The van der Waals surface area contributed by atoms with E-state index in [0.29, 0.717) is 11.4 Å². The van der Waals surface area contributed by atoms with E-state index in [9.17, 15) is 9.59 Å². The summed E-state index contributed by atoms with van der Waals surface area (Å²) < 4.78 is 5.18. The number of carbonyl (C=O) groups excluding carboxylic acids is 1. The van der Waals surface area contributed by atoms with E-state index in [4.69, 9.17) is 9.84 Å². The summed E-state index contributed by atoms with van der Waals surface area (Å²) in [6, 6.07) is 6.80. The average Bonchev–Trinajstić information content (AvgIpc) is 2.24. The summed E-state index contributed by atoms with van der Waals surface area (Å²) in [6.45, 7) is 1.30. The first-order valence-electron chi connectivity index (χ1n) is 4.76. The summed E-state index contributed by atoms with van der Waals surface area (Å²) in [5.41, 5.74) is 0.642. The number of benzene rings is 1. The minimum Gasteiger partial charge on any atom is -0.486 e. The minimum absolute atomic E-state index is 0.0163. The van der Waals surface area contributed by atoms with Gasteiger partial charge in [-0.2, -0.15) is 0 Å². The van der Waals surface area contributed by atoms with Crippen LogP contribution in [0.1, 0.15) is 6.92 Å². The van der Waals surface area contributed by atoms with Crippen molar-refractivity contribution in [1.29, 1.82) is 0 Å². The molecular weight excluding hydrogens is 210 g/mol. The van der Waals surface area contributed by atoms with Gasteiger partial charge in [-0.3, -0.25) is 9.59 Å². The molecule has 2 N–H and O–H groups in total. The first-order chi connectivity index (χ1) is 7.58. The maximum absolute atomic E-state index is 10.7. The van der Waals surface area contributed by atoms with Crippen LogP contribution in [0.25, 0.3) is 0 Å². The monoisotopic (exact) mass is 223 g/mol. The Labute approximate surface area is 93.0 Å². The highest BCUT2D eigenvalue weighted by Gasteiger charge is 2.00. The lowest BCUT2D eigenvalue weighted by atomic mass is 10.3. The van der Waals surface area contributed by atoms with Crippen molar-refractivity contribution in [2.24, 2.45) is 0 Å². The molecule has 0 fully saturated rings. The summed E-state index contributed by atoms with van der Waals surface area (Å²) in [4.78, 5) is 21.0. The topological polar surface area (TPSA) is 75.6 Å². The van der Waals surface area contributed by atoms with Gasteiger partial charge in [-0.05, 0) is 19.1 Å². The highest BCUT2D eigenvalue weighted by Crippen LogP contribution is 2.16. The maximum atomic E-state index is 10.7. The SMILES string of the molecule is CC(=O)COc1cccc(NCC(=O)O)c1. The second-order valence-electron chi connectivity index (χ2n) is 3.27. The lowest BCUT2D eigenvalue weighted by Gasteiger charge is -2.07. The van der Waals surface area contributed by atoms with Crippen LogP contribution in [0.15, 0.2) is 24.3 Å². The highest BCUT2D eigenvalue weighted by atomic mass is 16.5. The Morgan fingerprint density at radius 3 is 2.81 bits per heavy atom. The molecule has 1 aromatic rings. The normalized spacial score (nSPS) is 9.56. The van der Waals surface area contributed by atoms with Gasteiger partial charge in [0.25, 0.3) is 0 Å². The Morgan fingerprint density at radius 2 is 2.19 bits per heavy atom. The summed E-state index contributed by atoms with van der Waals surface area (Å²) in [5.74, 6) is -0.468. The predicted octanol–water partition coefficient (Wildman–Crippen LogP) is 1.15. The standard InChI is InChI=1S/C11H13NO4/c1-8(13)7-16-10-4-2-3-9(5-10)12-6-11(14)15/h2-5,12H,6-7H2,1H3,(H,14,15). The van der Waals surface area contributed by atoms with Gasteiger partial charge in [-0.15, -0.1) is 0 Å². The van der Waals surface area contributed by atoms with Crippen molar-refractivity contribution >= 4 is 17.4 Å². The molecule has 0 atom stereocenters. The van der Waals surface area contributed by atoms with Crippen LogP contribution >= 0.6 is 0 Å². The lowest BCUT2D eigenvalue weighted by molar-refractivity contribution is -0.135. The molecule has 0 heterocycles. The molecule has 5 nitrogen and oxygen atoms in total. The van der Waals surface area contributed by atoms with Crippen LogP contribution in [0.5, 0.6) is 5.75 Å². The van der Waals surface area contributed by atoms with Gasteiger partial charge in [0.2, 0.25) is 0 Å². The molecule has 86 valence electrons. The van der Waals surface area contributed by atoms with Gasteiger partial charge in [0.15, 0.2) is 5.78 Å². The van der Waals surface area contributed by atoms with E-state index in [1.807, 2.05) is 0 Å². The van der Waals surface area contributed by atoms with E-state index in [2.05, 4.69) is 5.32 Å². The summed E-state index contributed by atoms with van der Waals surface area (Å²) >= 11 is 0. The van der Waals surface area contributed by atoms with Crippen LogP contribution in [0.3, 0.4) is 0 Å². The van der Waals surface area contributed by atoms with Gasteiger partial charge in [0.1, 0.15) is 18.9 Å². The predicted molar refractivity (Wildman–Crippen MR) is 58.7 cm³/mol. The number of aliphatic carboxylic acids is 1. The fraction of sp³-hybridized carbons (Fsp3) is 0.273. The van der Waals surface area contributed by atoms with Gasteiger partial charge < -0.3 is 15.2 Å². The van der Waals surface area contributed by atoms with E-state index in [0.717, 1.165) is 0 Å². The number of nitrogens with one attached hydrogen (secondary N) is 1. The first-order valence-corrected chi connectivity index (χ1v) is 4.76. The van der Waals surface area contributed by atoms with E-state index in [-0.39, 0.29) is 18.9 Å². The number of hydrogen-bond donors (Lipinski definition) is 2.